The first-order chi connectivity index (χ1) is 15.4. The molecule has 0 saturated carbocycles. The highest BCUT2D eigenvalue weighted by Gasteiger charge is 2.30. The fraction of sp³-hybridized carbons (Fsp3) is 0.440. The Morgan fingerprint density at radius 1 is 0.906 bits per heavy atom. The normalized spacial score (nSPS) is 16.7. The van der Waals surface area contributed by atoms with Crippen molar-refractivity contribution in [2.75, 3.05) is 24.5 Å². The summed E-state index contributed by atoms with van der Waals surface area (Å²) in [5.41, 5.74) is 3.43. The van der Waals surface area contributed by atoms with Crippen LogP contribution >= 0.6 is 0 Å². The highest BCUT2D eigenvalue weighted by Crippen LogP contribution is 2.32. The Kier molecular flexibility index (Phi) is 6.76. The summed E-state index contributed by atoms with van der Waals surface area (Å²) in [4.78, 5) is 27.3. The molecule has 6 nitrogen and oxygen atoms in total. The van der Waals surface area contributed by atoms with Crippen LogP contribution in [0.1, 0.15) is 60.5 Å². The average Bonchev–Trinajstić information content (AvgIpc) is 3.26. The molecule has 2 aliphatic heterocycles. The van der Waals surface area contributed by atoms with Crippen LogP contribution in [0, 0.1) is 0 Å². The van der Waals surface area contributed by atoms with E-state index in [1.807, 2.05) is 24.3 Å². The monoisotopic (exact) mass is 454 g/mol. The Morgan fingerprint density at radius 2 is 1.62 bits per heavy atom. The molecule has 4 rings (SSSR count). The minimum absolute atomic E-state index is 0.0385. The quantitative estimate of drug-likeness (QED) is 0.593. The average molecular weight is 455 g/mol. The summed E-state index contributed by atoms with van der Waals surface area (Å²) in [5, 5.41) is 0. The van der Waals surface area contributed by atoms with Gasteiger partial charge in [-0.15, -0.1) is 0 Å². The van der Waals surface area contributed by atoms with Crippen LogP contribution in [0.3, 0.4) is 0 Å². The highest BCUT2D eigenvalue weighted by atomic mass is 32.2. The third-order valence-corrected chi connectivity index (χ3v) is 8.35. The number of hydrogen-bond acceptors (Lipinski definition) is 4. The number of fused-ring (bicyclic) bond motifs is 1. The van der Waals surface area contributed by atoms with Crippen molar-refractivity contribution in [1.29, 1.82) is 0 Å². The highest BCUT2D eigenvalue weighted by molar-refractivity contribution is 7.89. The number of anilines is 1. The predicted octanol–water partition coefficient (Wildman–Crippen LogP) is 3.98. The molecule has 1 saturated heterocycles. The van der Waals surface area contributed by atoms with Crippen molar-refractivity contribution in [2.45, 2.75) is 56.8 Å². The molecule has 0 radical (unpaired) electrons. The van der Waals surface area contributed by atoms with E-state index in [1.165, 1.54) is 5.56 Å². The molecule has 0 unspecified atom stereocenters. The summed E-state index contributed by atoms with van der Waals surface area (Å²) < 4.78 is 27.5. The van der Waals surface area contributed by atoms with Crippen LogP contribution in [-0.2, 0) is 27.7 Å². The van der Waals surface area contributed by atoms with E-state index in [1.54, 1.807) is 27.4 Å². The number of carbonyl (C=O) groups is 2. The van der Waals surface area contributed by atoms with Gasteiger partial charge in [-0.05, 0) is 55.0 Å². The third kappa shape index (κ3) is 4.64. The largest absolute Gasteiger partial charge is 0.312 e. The number of piperidine rings is 1. The maximum atomic E-state index is 13.0. The maximum Gasteiger partial charge on any atom is 0.243 e. The number of benzene rings is 2. The van der Waals surface area contributed by atoms with Gasteiger partial charge in [0, 0.05) is 43.7 Å². The van der Waals surface area contributed by atoms with E-state index in [-0.39, 0.29) is 24.5 Å². The van der Waals surface area contributed by atoms with Crippen LogP contribution in [0.25, 0.3) is 0 Å². The lowest BCUT2D eigenvalue weighted by Gasteiger charge is -2.26. The van der Waals surface area contributed by atoms with Crippen molar-refractivity contribution >= 4 is 27.4 Å². The van der Waals surface area contributed by atoms with Crippen LogP contribution in [0.4, 0.5) is 5.69 Å². The van der Waals surface area contributed by atoms with Gasteiger partial charge in [0.1, 0.15) is 0 Å². The third-order valence-electron chi connectivity index (χ3n) is 6.45. The van der Waals surface area contributed by atoms with Crippen molar-refractivity contribution in [1.82, 2.24) is 4.31 Å². The van der Waals surface area contributed by atoms with Gasteiger partial charge in [0.05, 0.1) is 4.90 Å². The SMILES string of the molecule is CCc1ccc(C(=O)CCC(=O)N2CCc3cc(S(=O)(=O)N4CCCCC4)ccc32)cc1. The number of rotatable bonds is 7. The molecule has 2 aromatic carbocycles. The standard InChI is InChI=1S/C25H30N2O4S/c1-2-19-6-8-20(9-7-19)24(28)12-13-25(29)27-17-14-21-18-22(10-11-23(21)27)32(30,31)26-15-4-3-5-16-26/h6-11,18H,2-5,12-17H2,1H3. The Balaban J connectivity index is 1.41. The minimum atomic E-state index is -3.49. The molecule has 0 aliphatic carbocycles. The molecule has 0 atom stereocenters. The maximum absolute atomic E-state index is 13.0. The van der Waals surface area contributed by atoms with Crippen LogP contribution < -0.4 is 4.90 Å². The van der Waals surface area contributed by atoms with Crippen molar-refractivity contribution in [3.63, 3.8) is 0 Å². The number of amides is 1. The number of nitrogens with zero attached hydrogens (tertiary/aromatic N) is 2. The van der Waals surface area contributed by atoms with Gasteiger partial charge in [-0.1, -0.05) is 37.6 Å². The van der Waals surface area contributed by atoms with E-state index >= 15 is 0 Å². The molecule has 0 spiro atoms. The van der Waals surface area contributed by atoms with Crippen LogP contribution in [-0.4, -0.2) is 44.0 Å². The zero-order valence-electron chi connectivity index (χ0n) is 18.5. The van der Waals surface area contributed by atoms with E-state index in [9.17, 15) is 18.0 Å². The fourth-order valence-corrected chi connectivity index (χ4v) is 6.05. The zero-order chi connectivity index (χ0) is 22.7. The van der Waals surface area contributed by atoms with E-state index < -0.39 is 10.0 Å². The lowest BCUT2D eigenvalue weighted by atomic mass is 10.0. The van der Waals surface area contributed by atoms with Gasteiger partial charge in [0.15, 0.2) is 5.78 Å². The lowest BCUT2D eigenvalue weighted by Crippen LogP contribution is -2.35. The molecule has 170 valence electrons. The number of ketones is 1. The van der Waals surface area contributed by atoms with Crippen molar-refractivity contribution < 1.29 is 18.0 Å². The first kappa shape index (κ1) is 22.7. The Bertz CT molecular complexity index is 1100. The summed E-state index contributed by atoms with van der Waals surface area (Å²) in [6.07, 6.45) is 4.71. The second-order valence-electron chi connectivity index (χ2n) is 8.52. The Morgan fingerprint density at radius 3 is 2.31 bits per heavy atom. The summed E-state index contributed by atoms with van der Waals surface area (Å²) in [7, 11) is -3.49. The number of Topliss-reactive ketones (excluding diaryl/α,β-unsaturated/α-hetero) is 1. The van der Waals surface area contributed by atoms with Crippen molar-refractivity contribution in [2.24, 2.45) is 0 Å². The van der Waals surface area contributed by atoms with Gasteiger partial charge in [0.25, 0.3) is 0 Å². The molecule has 2 heterocycles. The second kappa shape index (κ2) is 9.55. The van der Waals surface area contributed by atoms with Crippen molar-refractivity contribution in [3.8, 4) is 0 Å². The van der Waals surface area contributed by atoms with Gasteiger partial charge in [-0.25, -0.2) is 8.42 Å². The van der Waals surface area contributed by atoms with Gasteiger partial charge < -0.3 is 4.90 Å². The molecule has 2 aliphatic rings. The molecular formula is C25H30N2O4S. The van der Waals surface area contributed by atoms with Gasteiger partial charge in [-0.2, -0.15) is 4.31 Å². The van der Waals surface area contributed by atoms with Crippen LogP contribution in [0.2, 0.25) is 0 Å². The summed E-state index contributed by atoms with van der Waals surface area (Å²) >= 11 is 0. The molecule has 2 aromatic rings. The van der Waals surface area contributed by atoms with Crippen LogP contribution in [0.5, 0.6) is 0 Å². The molecule has 32 heavy (non-hydrogen) atoms. The molecule has 1 fully saturated rings. The van der Waals surface area contributed by atoms with Crippen molar-refractivity contribution in [3.05, 3.63) is 59.2 Å². The van der Waals surface area contributed by atoms with E-state index in [0.717, 1.165) is 36.9 Å². The molecule has 0 bridgehead atoms. The topological polar surface area (TPSA) is 74.8 Å². The smallest absolute Gasteiger partial charge is 0.243 e. The van der Waals surface area contributed by atoms with Gasteiger partial charge >= 0.3 is 0 Å². The number of hydrogen-bond donors (Lipinski definition) is 0. The minimum Gasteiger partial charge on any atom is -0.312 e. The Hall–Kier alpha value is -2.51. The number of sulfonamides is 1. The van der Waals surface area contributed by atoms with E-state index in [2.05, 4.69) is 6.92 Å². The molecule has 0 aromatic heterocycles. The van der Waals surface area contributed by atoms with E-state index in [0.29, 0.717) is 36.5 Å². The second-order valence-corrected chi connectivity index (χ2v) is 10.5. The fourth-order valence-electron chi connectivity index (χ4n) is 4.48. The summed E-state index contributed by atoms with van der Waals surface area (Å²) in [6.45, 7) is 3.72. The molecule has 7 heteroatoms. The van der Waals surface area contributed by atoms with Gasteiger partial charge in [0.2, 0.25) is 15.9 Å². The van der Waals surface area contributed by atoms with E-state index in [4.69, 9.17) is 0 Å². The van der Waals surface area contributed by atoms with Gasteiger partial charge in [-0.3, -0.25) is 9.59 Å². The summed E-state index contributed by atoms with van der Waals surface area (Å²) in [6, 6.07) is 12.6. The first-order valence-corrected chi connectivity index (χ1v) is 12.9. The predicted molar refractivity (Wildman–Crippen MR) is 124 cm³/mol. The number of aryl methyl sites for hydroxylation is 1. The summed E-state index contributed by atoms with van der Waals surface area (Å²) in [5.74, 6) is -0.141. The zero-order valence-corrected chi connectivity index (χ0v) is 19.4. The van der Waals surface area contributed by atoms with Crippen LogP contribution in [0.15, 0.2) is 47.4 Å². The lowest BCUT2D eigenvalue weighted by molar-refractivity contribution is -0.118. The molecule has 1 amide bonds. The molecule has 0 N–H and O–H groups in total. The molecular weight excluding hydrogens is 424 g/mol. The first-order valence-electron chi connectivity index (χ1n) is 11.5. The Labute approximate surface area is 190 Å². The number of carbonyl (C=O) groups excluding carboxylic acids is 2.